The van der Waals surface area contributed by atoms with Gasteiger partial charge < -0.3 is 20.7 Å². The summed E-state index contributed by atoms with van der Waals surface area (Å²) < 4.78 is 5.20. The van der Waals surface area contributed by atoms with Crippen molar-refractivity contribution in [1.82, 2.24) is 0 Å². The molecule has 1 atom stereocenters. The van der Waals surface area contributed by atoms with Crippen molar-refractivity contribution < 1.29 is 19.7 Å². The molecular weight excluding hydrogens is 222 g/mol. The van der Waals surface area contributed by atoms with Crippen LogP contribution in [0.5, 0.6) is 5.75 Å². The van der Waals surface area contributed by atoms with E-state index in [1.165, 1.54) is 0 Å². The number of aliphatic hydroxyl groups is 1. The molecule has 0 radical (unpaired) electrons. The fraction of sp³-hybridized carbons (Fsp3) is 0.417. The average Bonchev–Trinajstić information content (AvgIpc) is 2.34. The van der Waals surface area contributed by atoms with Crippen molar-refractivity contribution in [3.05, 3.63) is 29.8 Å². The van der Waals surface area contributed by atoms with Crippen LogP contribution in [0.2, 0.25) is 0 Å². The lowest BCUT2D eigenvalue weighted by Gasteiger charge is -2.11. The number of aliphatic hydroxyl groups excluding tert-OH is 1. The van der Waals surface area contributed by atoms with Crippen LogP contribution in [0.15, 0.2) is 24.3 Å². The van der Waals surface area contributed by atoms with Gasteiger partial charge in [-0.1, -0.05) is 12.1 Å². The summed E-state index contributed by atoms with van der Waals surface area (Å²) in [5.41, 5.74) is 6.73. The Kier molecular flexibility index (Phi) is 5.45. The van der Waals surface area contributed by atoms with Gasteiger partial charge in [-0.15, -0.1) is 0 Å². The largest absolute Gasteiger partial charge is 0.491 e. The lowest BCUT2D eigenvalue weighted by atomic mass is 10.0. The van der Waals surface area contributed by atoms with Crippen molar-refractivity contribution in [3.8, 4) is 5.75 Å². The van der Waals surface area contributed by atoms with Crippen molar-refractivity contribution in [2.75, 3.05) is 13.2 Å². The Balaban J connectivity index is 2.51. The van der Waals surface area contributed by atoms with Crippen LogP contribution < -0.4 is 10.5 Å². The first kappa shape index (κ1) is 13.5. The number of benzene rings is 1. The molecule has 0 fully saturated rings. The van der Waals surface area contributed by atoms with Crippen LogP contribution in [0.25, 0.3) is 0 Å². The molecule has 0 aliphatic carbocycles. The summed E-state index contributed by atoms with van der Waals surface area (Å²) in [6.45, 7) is 0.226. The predicted molar refractivity (Wildman–Crippen MR) is 62.8 cm³/mol. The van der Waals surface area contributed by atoms with E-state index >= 15 is 0 Å². The Labute approximate surface area is 99.8 Å². The highest BCUT2D eigenvalue weighted by molar-refractivity contribution is 5.66. The first-order chi connectivity index (χ1) is 8.13. The van der Waals surface area contributed by atoms with Gasteiger partial charge in [0.15, 0.2) is 0 Å². The molecule has 0 saturated carbocycles. The van der Waals surface area contributed by atoms with Gasteiger partial charge >= 0.3 is 5.97 Å². The number of carbonyl (C=O) groups is 1. The third-order valence-corrected chi connectivity index (χ3v) is 2.34. The zero-order chi connectivity index (χ0) is 12.7. The third kappa shape index (κ3) is 4.84. The van der Waals surface area contributed by atoms with Crippen LogP contribution in [0, 0.1) is 0 Å². The van der Waals surface area contributed by atoms with E-state index in [1.54, 1.807) is 24.3 Å². The minimum absolute atomic E-state index is 0.0279. The topological polar surface area (TPSA) is 92.8 Å². The number of hydrogen-bond donors (Lipinski definition) is 3. The number of aliphatic carboxylic acids is 1. The van der Waals surface area contributed by atoms with E-state index in [2.05, 4.69) is 0 Å². The predicted octanol–water partition coefficient (Wildman–Crippen LogP) is 0.922. The number of carboxylic acid groups (broad SMARTS) is 1. The smallest absolute Gasteiger partial charge is 0.303 e. The molecule has 17 heavy (non-hydrogen) atoms. The van der Waals surface area contributed by atoms with Crippen molar-refractivity contribution in [2.24, 2.45) is 5.73 Å². The number of rotatable bonds is 7. The van der Waals surface area contributed by atoms with Crippen molar-refractivity contribution in [2.45, 2.75) is 18.9 Å². The van der Waals surface area contributed by atoms with Crippen molar-refractivity contribution in [1.29, 1.82) is 0 Å². The van der Waals surface area contributed by atoms with Crippen molar-refractivity contribution in [3.63, 3.8) is 0 Å². The maximum absolute atomic E-state index is 10.4. The summed E-state index contributed by atoms with van der Waals surface area (Å²) in [6.07, 6.45) is 0.468. The van der Waals surface area contributed by atoms with E-state index in [0.29, 0.717) is 12.2 Å². The van der Waals surface area contributed by atoms with Crippen molar-refractivity contribution >= 4 is 5.97 Å². The lowest BCUT2D eigenvalue weighted by molar-refractivity contribution is -0.137. The van der Waals surface area contributed by atoms with Gasteiger partial charge in [0.05, 0.1) is 6.61 Å². The monoisotopic (exact) mass is 239 g/mol. The standard InChI is InChI=1S/C12H17NO4/c13-11(5-6-12(15)16)9-1-3-10(4-2-9)17-8-7-14/h1-4,11,14H,5-8,13H2,(H,15,16). The van der Waals surface area contributed by atoms with Gasteiger partial charge in [-0.2, -0.15) is 0 Å². The maximum Gasteiger partial charge on any atom is 0.303 e. The number of hydrogen-bond acceptors (Lipinski definition) is 4. The normalized spacial score (nSPS) is 12.1. The minimum atomic E-state index is -0.844. The molecule has 1 aromatic rings. The second kappa shape index (κ2) is 6.88. The second-order valence-corrected chi connectivity index (χ2v) is 3.68. The van der Waals surface area contributed by atoms with Gasteiger partial charge in [-0.3, -0.25) is 4.79 Å². The number of nitrogens with two attached hydrogens (primary N) is 1. The van der Waals surface area contributed by atoms with Crippen LogP contribution in [0.3, 0.4) is 0 Å². The highest BCUT2D eigenvalue weighted by Crippen LogP contribution is 2.19. The molecule has 0 spiro atoms. The maximum atomic E-state index is 10.4. The quantitative estimate of drug-likeness (QED) is 0.658. The minimum Gasteiger partial charge on any atom is -0.491 e. The van der Waals surface area contributed by atoms with E-state index in [9.17, 15) is 4.79 Å². The van der Waals surface area contributed by atoms with E-state index in [0.717, 1.165) is 5.56 Å². The molecule has 1 unspecified atom stereocenters. The molecule has 5 heteroatoms. The first-order valence-corrected chi connectivity index (χ1v) is 5.44. The molecule has 0 aliphatic heterocycles. The van der Waals surface area contributed by atoms with E-state index in [-0.39, 0.29) is 25.7 Å². The van der Waals surface area contributed by atoms with Crippen LogP contribution in [-0.2, 0) is 4.79 Å². The Morgan fingerprint density at radius 1 is 1.35 bits per heavy atom. The molecule has 0 aliphatic rings. The lowest BCUT2D eigenvalue weighted by Crippen LogP contribution is -2.12. The highest BCUT2D eigenvalue weighted by atomic mass is 16.5. The van der Waals surface area contributed by atoms with Gasteiger partial charge in [-0.05, 0) is 24.1 Å². The summed E-state index contributed by atoms with van der Waals surface area (Å²) in [4.78, 5) is 10.4. The van der Waals surface area contributed by atoms with Gasteiger partial charge in [0, 0.05) is 12.5 Å². The highest BCUT2D eigenvalue weighted by Gasteiger charge is 2.08. The SMILES string of the molecule is NC(CCC(=O)O)c1ccc(OCCO)cc1. The zero-order valence-electron chi connectivity index (χ0n) is 9.50. The summed E-state index contributed by atoms with van der Waals surface area (Å²) in [6, 6.07) is 6.84. The fourth-order valence-corrected chi connectivity index (χ4v) is 1.42. The molecular formula is C12H17NO4. The van der Waals surface area contributed by atoms with E-state index < -0.39 is 5.97 Å². The summed E-state index contributed by atoms with van der Waals surface area (Å²) in [5, 5.41) is 17.1. The van der Waals surface area contributed by atoms with Crippen LogP contribution in [-0.4, -0.2) is 29.4 Å². The molecule has 94 valence electrons. The van der Waals surface area contributed by atoms with Crippen LogP contribution in [0.1, 0.15) is 24.4 Å². The van der Waals surface area contributed by atoms with Gasteiger partial charge in [0.25, 0.3) is 0 Å². The molecule has 0 amide bonds. The van der Waals surface area contributed by atoms with Crippen LogP contribution in [0.4, 0.5) is 0 Å². The molecule has 5 nitrogen and oxygen atoms in total. The summed E-state index contributed by atoms with van der Waals surface area (Å²) in [5.74, 6) is -0.184. The molecule has 1 rings (SSSR count). The van der Waals surface area contributed by atoms with E-state index in [1.807, 2.05) is 0 Å². The fourth-order valence-electron chi connectivity index (χ4n) is 1.42. The molecule has 4 N–H and O–H groups in total. The molecule has 1 aromatic carbocycles. The Bertz CT molecular complexity index is 350. The second-order valence-electron chi connectivity index (χ2n) is 3.68. The van der Waals surface area contributed by atoms with Crippen LogP contribution >= 0.6 is 0 Å². The Hall–Kier alpha value is -1.59. The average molecular weight is 239 g/mol. The Morgan fingerprint density at radius 3 is 2.53 bits per heavy atom. The molecule has 0 heterocycles. The van der Waals surface area contributed by atoms with Gasteiger partial charge in [0.2, 0.25) is 0 Å². The Morgan fingerprint density at radius 2 is 2.00 bits per heavy atom. The molecule has 0 bridgehead atoms. The molecule has 0 aromatic heterocycles. The third-order valence-electron chi connectivity index (χ3n) is 2.34. The first-order valence-electron chi connectivity index (χ1n) is 5.44. The van der Waals surface area contributed by atoms with Gasteiger partial charge in [-0.25, -0.2) is 0 Å². The van der Waals surface area contributed by atoms with Gasteiger partial charge in [0.1, 0.15) is 12.4 Å². The summed E-state index contributed by atoms with van der Waals surface area (Å²) in [7, 11) is 0. The molecule has 0 saturated heterocycles. The number of ether oxygens (including phenoxy) is 1. The zero-order valence-corrected chi connectivity index (χ0v) is 9.50. The number of carboxylic acids is 1. The summed E-state index contributed by atoms with van der Waals surface area (Å²) >= 11 is 0. The van der Waals surface area contributed by atoms with E-state index in [4.69, 9.17) is 20.7 Å².